The summed E-state index contributed by atoms with van der Waals surface area (Å²) in [5.41, 5.74) is 2.62. The van der Waals surface area contributed by atoms with Crippen LogP contribution in [-0.2, 0) is 13.6 Å². The molecular weight excluding hydrogens is 595 g/mol. The standard InChI is InChI=1S/C34H47N2O2.HI/c1-3-4-5-6-7-8-9-10-11-12-13-17-27-38-33-24-22-30(23-25-33)28-36(32-20-15-14-16-21-32)34(37)31-19-18-26-35(2)29-31;/h14-16,18-26,29H,3-13,17,27-28H2,1-2H3;1H/q+1;/p-1. The smallest absolute Gasteiger partial charge is 0.264 e. The summed E-state index contributed by atoms with van der Waals surface area (Å²) in [6.45, 7) is 3.54. The van der Waals surface area contributed by atoms with Gasteiger partial charge in [0.1, 0.15) is 18.4 Å². The quantitative estimate of drug-likeness (QED) is 0.105. The van der Waals surface area contributed by atoms with Crippen LogP contribution < -0.4 is 38.2 Å². The molecule has 0 saturated heterocycles. The highest BCUT2D eigenvalue weighted by molar-refractivity contribution is 6.05. The van der Waals surface area contributed by atoms with Crippen LogP contribution in [0, 0.1) is 0 Å². The summed E-state index contributed by atoms with van der Waals surface area (Å²) in [5, 5.41) is 0. The molecule has 0 radical (unpaired) electrons. The number of carbonyl (C=O) groups excluding carboxylic acids is 1. The number of ether oxygens (including phenoxy) is 1. The third kappa shape index (κ3) is 12.5. The maximum absolute atomic E-state index is 13.4. The summed E-state index contributed by atoms with van der Waals surface area (Å²) in [5.74, 6) is 0.879. The molecule has 39 heavy (non-hydrogen) atoms. The van der Waals surface area contributed by atoms with E-state index in [2.05, 4.69) is 19.1 Å². The lowest BCUT2D eigenvalue weighted by molar-refractivity contribution is -0.671. The average Bonchev–Trinajstić information content (AvgIpc) is 2.95. The molecule has 0 N–H and O–H groups in total. The van der Waals surface area contributed by atoms with E-state index < -0.39 is 0 Å². The highest BCUT2D eigenvalue weighted by atomic mass is 127. The van der Waals surface area contributed by atoms with E-state index in [1.165, 1.54) is 70.6 Å². The van der Waals surface area contributed by atoms with E-state index in [-0.39, 0.29) is 29.9 Å². The topological polar surface area (TPSA) is 33.4 Å². The molecule has 5 heteroatoms. The number of nitrogens with zero attached hydrogens (tertiary/aromatic N) is 2. The fraction of sp³-hybridized carbons (Fsp3) is 0.471. The molecule has 0 fully saturated rings. The first-order chi connectivity index (χ1) is 18.7. The van der Waals surface area contributed by atoms with Gasteiger partial charge in [0.15, 0.2) is 12.4 Å². The van der Waals surface area contributed by atoms with Crippen molar-refractivity contribution in [3.05, 3.63) is 90.3 Å². The number of aromatic nitrogens is 1. The lowest BCUT2D eigenvalue weighted by Crippen LogP contribution is -3.00. The number of hydrogen-bond donors (Lipinski definition) is 0. The normalized spacial score (nSPS) is 10.6. The number of para-hydroxylation sites is 1. The zero-order valence-electron chi connectivity index (χ0n) is 24.0. The maximum Gasteiger partial charge on any atom is 0.264 e. The number of rotatable bonds is 18. The highest BCUT2D eigenvalue weighted by Gasteiger charge is 2.20. The van der Waals surface area contributed by atoms with Gasteiger partial charge >= 0.3 is 0 Å². The molecule has 0 bridgehead atoms. The molecule has 0 spiro atoms. The SMILES string of the molecule is CCCCCCCCCCCCCCOc1ccc(CN(C(=O)c2ccc[n+](C)c2)c2ccccc2)cc1.[I-]. The summed E-state index contributed by atoms with van der Waals surface area (Å²) < 4.78 is 7.89. The first-order valence-electron chi connectivity index (χ1n) is 14.7. The van der Waals surface area contributed by atoms with Gasteiger partial charge < -0.3 is 33.6 Å². The monoisotopic (exact) mass is 642 g/mol. The number of benzene rings is 2. The molecule has 0 aliphatic heterocycles. The Morgan fingerprint density at radius 2 is 1.33 bits per heavy atom. The van der Waals surface area contributed by atoms with Crippen LogP contribution in [0.5, 0.6) is 5.75 Å². The molecule has 3 aromatic rings. The number of amides is 1. The van der Waals surface area contributed by atoms with Crippen LogP contribution in [0.4, 0.5) is 5.69 Å². The molecule has 212 valence electrons. The number of carbonyl (C=O) groups is 1. The van der Waals surface area contributed by atoms with Gasteiger partial charge in [-0.2, -0.15) is 0 Å². The Hall–Kier alpha value is -2.41. The van der Waals surface area contributed by atoms with Crippen molar-refractivity contribution in [2.45, 2.75) is 90.5 Å². The lowest BCUT2D eigenvalue weighted by atomic mass is 10.1. The first kappa shape index (κ1) is 32.8. The van der Waals surface area contributed by atoms with Crippen LogP contribution in [-0.4, -0.2) is 12.5 Å². The molecule has 1 heterocycles. The second-order valence-corrected chi connectivity index (χ2v) is 10.4. The van der Waals surface area contributed by atoms with Crippen LogP contribution in [0.3, 0.4) is 0 Å². The molecule has 2 aromatic carbocycles. The van der Waals surface area contributed by atoms with Crippen molar-refractivity contribution in [2.75, 3.05) is 11.5 Å². The summed E-state index contributed by atoms with van der Waals surface area (Å²) in [6, 6.07) is 21.8. The largest absolute Gasteiger partial charge is 1.00 e. The number of unbranched alkanes of at least 4 members (excludes halogenated alkanes) is 11. The minimum absolute atomic E-state index is 0. The van der Waals surface area contributed by atoms with Gasteiger partial charge in [-0.15, -0.1) is 0 Å². The number of anilines is 1. The van der Waals surface area contributed by atoms with E-state index in [1.54, 1.807) is 0 Å². The van der Waals surface area contributed by atoms with E-state index in [1.807, 2.05) is 83.5 Å². The Morgan fingerprint density at radius 3 is 1.92 bits per heavy atom. The van der Waals surface area contributed by atoms with E-state index >= 15 is 0 Å². The lowest BCUT2D eigenvalue weighted by Gasteiger charge is -2.23. The molecule has 1 amide bonds. The Labute approximate surface area is 253 Å². The molecule has 0 aliphatic carbocycles. The predicted octanol–water partition coefficient (Wildman–Crippen LogP) is 5.44. The summed E-state index contributed by atoms with van der Waals surface area (Å²) in [4.78, 5) is 15.2. The van der Waals surface area contributed by atoms with E-state index in [0.717, 1.165) is 30.0 Å². The molecule has 4 nitrogen and oxygen atoms in total. The molecule has 0 aliphatic rings. The van der Waals surface area contributed by atoms with Crippen molar-refractivity contribution in [3.8, 4) is 5.75 Å². The van der Waals surface area contributed by atoms with Gasteiger partial charge in [-0.1, -0.05) is 108 Å². The Balaban J connectivity index is 0.00000533. The second-order valence-electron chi connectivity index (χ2n) is 10.4. The van der Waals surface area contributed by atoms with Gasteiger partial charge in [0.25, 0.3) is 5.91 Å². The fourth-order valence-electron chi connectivity index (χ4n) is 4.77. The molecular formula is C34H47IN2O2. The van der Waals surface area contributed by atoms with Crippen LogP contribution in [0.2, 0.25) is 0 Å². The zero-order valence-corrected chi connectivity index (χ0v) is 26.2. The average molecular weight is 643 g/mol. The van der Waals surface area contributed by atoms with Crippen LogP contribution >= 0.6 is 0 Å². The highest BCUT2D eigenvalue weighted by Crippen LogP contribution is 2.21. The predicted molar refractivity (Wildman–Crippen MR) is 158 cm³/mol. The second kappa shape index (κ2) is 19.6. The Morgan fingerprint density at radius 1 is 0.744 bits per heavy atom. The summed E-state index contributed by atoms with van der Waals surface area (Å²) in [7, 11) is 1.93. The molecule has 0 atom stereocenters. The third-order valence-corrected chi connectivity index (χ3v) is 7.03. The van der Waals surface area contributed by atoms with Gasteiger partial charge in [0.2, 0.25) is 0 Å². The number of aryl methyl sites for hydroxylation is 1. The van der Waals surface area contributed by atoms with Crippen LogP contribution in [0.1, 0.15) is 99.9 Å². The van der Waals surface area contributed by atoms with E-state index in [9.17, 15) is 4.79 Å². The van der Waals surface area contributed by atoms with Gasteiger partial charge in [-0.3, -0.25) is 4.79 Å². The van der Waals surface area contributed by atoms with Crippen molar-refractivity contribution in [1.29, 1.82) is 0 Å². The fourth-order valence-corrected chi connectivity index (χ4v) is 4.77. The summed E-state index contributed by atoms with van der Waals surface area (Å²) >= 11 is 0. The molecule has 0 saturated carbocycles. The van der Waals surface area contributed by atoms with Crippen molar-refractivity contribution in [3.63, 3.8) is 0 Å². The van der Waals surface area contributed by atoms with Gasteiger partial charge in [-0.05, 0) is 42.3 Å². The van der Waals surface area contributed by atoms with Crippen molar-refractivity contribution in [1.82, 2.24) is 0 Å². The zero-order chi connectivity index (χ0) is 26.8. The minimum Gasteiger partial charge on any atom is -1.00 e. The number of halogens is 1. The molecule has 0 unspecified atom stereocenters. The Kier molecular flexibility index (Phi) is 16.5. The van der Waals surface area contributed by atoms with E-state index in [4.69, 9.17) is 4.74 Å². The third-order valence-electron chi connectivity index (χ3n) is 7.03. The number of hydrogen-bond acceptors (Lipinski definition) is 2. The molecule has 1 aromatic heterocycles. The van der Waals surface area contributed by atoms with Crippen LogP contribution in [0.15, 0.2) is 79.1 Å². The summed E-state index contributed by atoms with van der Waals surface area (Å²) in [6.07, 6.45) is 19.9. The van der Waals surface area contributed by atoms with Crippen molar-refractivity contribution >= 4 is 11.6 Å². The molecule has 3 rings (SSSR count). The van der Waals surface area contributed by atoms with Gasteiger partial charge in [-0.25, -0.2) is 4.57 Å². The Bertz CT molecular complexity index is 1060. The van der Waals surface area contributed by atoms with Gasteiger partial charge in [0, 0.05) is 11.8 Å². The minimum atomic E-state index is -0.0142. The first-order valence-corrected chi connectivity index (χ1v) is 14.7. The number of pyridine rings is 1. The van der Waals surface area contributed by atoms with Crippen molar-refractivity contribution in [2.24, 2.45) is 7.05 Å². The van der Waals surface area contributed by atoms with Crippen LogP contribution in [0.25, 0.3) is 0 Å². The maximum atomic E-state index is 13.4. The van der Waals surface area contributed by atoms with Gasteiger partial charge in [0.05, 0.1) is 13.2 Å². The van der Waals surface area contributed by atoms with Crippen molar-refractivity contribution < 1.29 is 38.1 Å². The van der Waals surface area contributed by atoms with E-state index in [0.29, 0.717) is 12.1 Å².